The number of furan rings is 1. The van der Waals surface area contributed by atoms with Crippen LogP contribution in [0, 0.1) is 11.7 Å². The molecule has 1 N–H and O–H groups in total. The molecule has 16 heavy (non-hydrogen) atoms. The minimum Gasteiger partial charge on any atom is -0.481 e. The molecule has 0 radical (unpaired) electrons. The van der Waals surface area contributed by atoms with Crippen molar-refractivity contribution in [3.8, 4) is 0 Å². The number of benzene rings is 1. The maximum absolute atomic E-state index is 13.6. The number of aliphatic carboxylic acids is 1. The van der Waals surface area contributed by atoms with E-state index in [2.05, 4.69) is 0 Å². The lowest BCUT2D eigenvalue weighted by Gasteiger charge is -2.07. The molecular weight excluding hydrogens is 211 g/mol. The van der Waals surface area contributed by atoms with Gasteiger partial charge in [-0.05, 0) is 24.6 Å². The van der Waals surface area contributed by atoms with Crippen molar-refractivity contribution in [1.29, 1.82) is 0 Å². The first-order chi connectivity index (χ1) is 7.59. The molecule has 2 rings (SSSR count). The van der Waals surface area contributed by atoms with E-state index in [9.17, 15) is 9.18 Å². The van der Waals surface area contributed by atoms with E-state index in [1.807, 2.05) is 0 Å². The number of fused-ring (bicyclic) bond motifs is 1. The molecule has 0 aliphatic rings. The van der Waals surface area contributed by atoms with Crippen LogP contribution in [0.2, 0.25) is 0 Å². The van der Waals surface area contributed by atoms with Gasteiger partial charge in [-0.25, -0.2) is 4.39 Å². The van der Waals surface area contributed by atoms with Crippen LogP contribution in [0.25, 0.3) is 11.0 Å². The summed E-state index contributed by atoms with van der Waals surface area (Å²) in [6.07, 6.45) is 1.60. The Morgan fingerprint density at radius 1 is 1.50 bits per heavy atom. The second-order valence-electron chi connectivity index (χ2n) is 3.81. The molecule has 0 amide bonds. The Balaban J connectivity index is 2.45. The predicted molar refractivity (Wildman–Crippen MR) is 56.7 cm³/mol. The molecule has 1 atom stereocenters. The number of carboxylic acids is 1. The average Bonchev–Trinajstić information content (AvgIpc) is 2.70. The molecule has 1 aromatic carbocycles. The van der Waals surface area contributed by atoms with Crippen LogP contribution in [0.3, 0.4) is 0 Å². The zero-order chi connectivity index (χ0) is 11.7. The van der Waals surface area contributed by atoms with E-state index < -0.39 is 17.7 Å². The molecule has 84 valence electrons. The summed E-state index contributed by atoms with van der Waals surface area (Å²) in [5.74, 6) is -2.00. The van der Waals surface area contributed by atoms with Crippen LogP contribution in [-0.2, 0) is 11.2 Å². The summed E-state index contributed by atoms with van der Waals surface area (Å²) in [5.41, 5.74) is 0.769. The SMILES string of the molecule is CC(Cc1c(F)ccc2ccoc12)C(=O)O. The van der Waals surface area contributed by atoms with Gasteiger partial charge in [0.05, 0.1) is 12.2 Å². The molecular formula is C12H11FO3. The molecule has 1 aromatic heterocycles. The maximum atomic E-state index is 13.6. The van der Waals surface area contributed by atoms with Gasteiger partial charge in [0.2, 0.25) is 0 Å². The quantitative estimate of drug-likeness (QED) is 0.868. The van der Waals surface area contributed by atoms with Crippen LogP contribution in [0.1, 0.15) is 12.5 Å². The summed E-state index contributed by atoms with van der Waals surface area (Å²) in [5, 5.41) is 9.59. The predicted octanol–water partition coefficient (Wildman–Crippen LogP) is 2.84. The molecule has 4 heteroatoms. The number of hydrogen-bond acceptors (Lipinski definition) is 2. The first kappa shape index (κ1) is 10.7. The molecule has 0 bridgehead atoms. The highest BCUT2D eigenvalue weighted by atomic mass is 19.1. The Hall–Kier alpha value is -1.84. The van der Waals surface area contributed by atoms with Gasteiger partial charge in [0.15, 0.2) is 0 Å². The zero-order valence-electron chi connectivity index (χ0n) is 8.74. The summed E-state index contributed by atoms with van der Waals surface area (Å²) in [6.45, 7) is 1.55. The van der Waals surface area contributed by atoms with Crippen molar-refractivity contribution >= 4 is 16.9 Å². The second kappa shape index (κ2) is 3.96. The van der Waals surface area contributed by atoms with E-state index in [1.165, 1.54) is 12.3 Å². The Labute approximate surface area is 91.5 Å². The number of carboxylic acid groups (broad SMARTS) is 1. The third-order valence-electron chi connectivity index (χ3n) is 2.60. The molecule has 1 heterocycles. The lowest BCUT2D eigenvalue weighted by Crippen LogP contribution is -2.13. The average molecular weight is 222 g/mol. The van der Waals surface area contributed by atoms with Crippen molar-refractivity contribution in [3.63, 3.8) is 0 Å². The van der Waals surface area contributed by atoms with E-state index in [4.69, 9.17) is 9.52 Å². The minimum atomic E-state index is -0.942. The summed E-state index contributed by atoms with van der Waals surface area (Å²) in [7, 11) is 0. The third kappa shape index (κ3) is 1.78. The Morgan fingerprint density at radius 3 is 2.94 bits per heavy atom. The number of hydrogen-bond donors (Lipinski definition) is 1. The van der Waals surface area contributed by atoms with Crippen LogP contribution in [0.4, 0.5) is 4.39 Å². The van der Waals surface area contributed by atoms with Crippen molar-refractivity contribution in [2.75, 3.05) is 0 Å². The van der Waals surface area contributed by atoms with Crippen molar-refractivity contribution in [1.82, 2.24) is 0 Å². The summed E-state index contributed by atoms with van der Waals surface area (Å²) >= 11 is 0. The Kier molecular flexibility index (Phi) is 2.64. The van der Waals surface area contributed by atoms with Crippen LogP contribution >= 0.6 is 0 Å². The van der Waals surface area contributed by atoms with Gasteiger partial charge in [0.25, 0.3) is 0 Å². The van der Waals surface area contributed by atoms with E-state index >= 15 is 0 Å². The van der Waals surface area contributed by atoms with Crippen molar-refractivity contribution in [2.45, 2.75) is 13.3 Å². The molecule has 2 aromatic rings. The Bertz CT molecular complexity index is 530. The van der Waals surface area contributed by atoms with Gasteiger partial charge < -0.3 is 9.52 Å². The highest BCUT2D eigenvalue weighted by Gasteiger charge is 2.18. The van der Waals surface area contributed by atoms with Crippen molar-refractivity contribution in [3.05, 3.63) is 35.8 Å². The monoisotopic (exact) mass is 222 g/mol. The molecule has 0 saturated carbocycles. The number of carbonyl (C=O) groups is 1. The van der Waals surface area contributed by atoms with E-state index in [0.29, 0.717) is 11.1 Å². The van der Waals surface area contributed by atoms with Crippen LogP contribution < -0.4 is 0 Å². The summed E-state index contributed by atoms with van der Waals surface area (Å²) < 4.78 is 18.7. The van der Waals surface area contributed by atoms with E-state index in [-0.39, 0.29) is 6.42 Å². The zero-order valence-corrected chi connectivity index (χ0v) is 8.74. The molecule has 0 aliphatic heterocycles. The van der Waals surface area contributed by atoms with Crippen LogP contribution in [-0.4, -0.2) is 11.1 Å². The van der Waals surface area contributed by atoms with Gasteiger partial charge in [-0.3, -0.25) is 4.79 Å². The van der Waals surface area contributed by atoms with Crippen molar-refractivity contribution in [2.24, 2.45) is 5.92 Å². The van der Waals surface area contributed by atoms with Gasteiger partial charge in [-0.1, -0.05) is 6.92 Å². The molecule has 0 saturated heterocycles. The summed E-state index contributed by atoms with van der Waals surface area (Å²) in [4.78, 5) is 10.7. The minimum absolute atomic E-state index is 0.131. The topological polar surface area (TPSA) is 50.4 Å². The fraction of sp³-hybridized carbons (Fsp3) is 0.250. The van der Waals surface area contributed by atoms with Gasteiger partial charge >= 0.3 is 5.97 Å². The number of rotatable bonds is 3. The molecule has 3 nitrogen and oxygen atoms in total. The van der Waals surface area contributed by atoms with Crippen LogP contribution in [0.15, 0.2) is 28.9 Å². The van der Waals surface area contributed by atoms with Gasteiger partial charge in [0.1, 0.15) is 11.4 Å². The molecule has 0 aliphatic carbocycles. The standard InChI is InChI=1S/C12H11FO3/c1-7(12(14)15)6-9-10(13)3-2-8-4-5-16-11(8)9/h2-5,7H,6H2,1H3,(H,14,15). The van der Waals surface area contributed by atoms with Gasteiger partial charge in [-0.2, -0.15) is 0 Å². The molecule has 0 fully saturated rings. The van der Waals surface area contributed by atoms with Crippen molar-refractivity contribution < 1.29 is 18.7 Å². The highest BCUT2D eigenvalue weighted by Crippen LogP contribution is 2.25. The Morgan fingerprint density at radius 2 is 2.25 bits per heavy atom. The molecule has 1 unspecified atom stereocenters. The van der Waals surface area contributed by atoms with E-state index in [1.54, 1.807) is 19.1 Å². The summed E-state index contributed by atoms with van der Waals surface area (Å²) in [6, 6.07) is 4.68. The van der Waals surface area contributed by atoms with Gasteiger partial charge in [-0.15, -0.1) is 0 Å². The molecule has 0 spiro atoms. The fourth-order valence-electron chi connectivity index (χ4n) is 1.65. The third-order valence-corrected chi connectivity index (χ3v) is 2.60. The normalized spacial score (nSPS) is 12.9. The second-order valence-corrected chi connectivity index (χ2v) is 3.81. The number of halogens is 1. The highest BCUT2D eigenvalue weighted by molar-refractivity contribution is 5.81. The first-order valence-corrected chi connectivity index (χ1v) is 4.97. The lowest BCUT2D eigenvalue weighted by atomic mass is 9.99. The smallest absolute Gasteiger partial charge is 0.306 e. The fourth-order valence-corrected chi connectivity index (χ4v) is 1.65. The first-order valence-electron chi connectivity index (χ1n) is 4.97. The lowest BCUT2D eigenvalue weighted by molar-refractivity contribution is -0.141. The van der Waals surface area contributed by atoms with E-state index in [0.717, 1.165) is 5.39 Å². The maximum Gasteiger partial charge on any atom is 0.306 e. The van der Waals surface area contributed by atoms with Crippen LogP contribution in [0.5, 0.6) is 0 Å². The largest absolute Gasteiger partial charge is 0.481 e. The van der Waals surface area contributed by atoms with Gasteiger partial charge in [0, 0.05) is 10.9 Å².